The van der Waals surface area contributed by atoms with Gasteiger partial charge in [-0.2, -0.15) is 0 Å². The van der Waals surface area contributed by atoms with Gasteiger partial charge in [0.1, 0.15) is 6.26 Å². The van der Waals surface area contributed by atoms with Crippen LogP contribution in [0.3, 0.4) is 0 Å². The van der Waals surface area contributed by atoms with E-state index in [-0.39, 0.29) is 0 Å². The molecule has 0 saturated heterocycles. The monoisotopic (exact) mass is 408 g/mol. The average Bonchev–Trinajstić information content (AvgIpc) is 3.25. The molecular weight excluding hydrogens is 380 g/mol. The van der Waals surface area contributed by atoms with E-state index in [1.54, 1.807) is 27.5 Å². The smallest absolute Gasteiger partial charge is 0.226 e. The summed E-state index contributed by atoms with van der Waals surface area (Å²) in [5, 5.41) is 6.57. The topological polar surface area (TPSA) is 80.9 Å². The lowest BCUT2D eigenvalue weighted by molar-refractivity contribution is 0.354. The van der Waals surface area contributed by atoms with Crippen molar-refractivity contribution in [2.45, 2.75) is 19.9 Å². The highest BCUT2D eigenvalue weighted by atomic mass is 16.5. The van der Waals surface area contributed by atoms with Gasteiger partial charge in [-0.05, 0) is 43.2 Å². The summed E-state index contributed by atoms with van der Waals surface area (Å²) in [5.41, 5.74) is 4.13. The number of nitrogens with one attached hydrogen (secondary N) is 2. The SMILES string of the molecule is CN=C(NCCc1ccc(OC)c(OC)c1)NCc1coc(-c2ccc(C)cc2)n1. The van der Waals surface area contributed by atoms with Gasteiger partial charge in [0.2, 0.25) is 5.89 Å². The molecule has 0 amide bonds. The van der Waals surface area contributed by atoms with Crippen molar-refractivity contribution in [2.24, 2.45) is 4.99 Å². The van der Waals surface area contributed by atoms with Crippen LogP contribution >= 0.6 is 0 Å². The first-order chi connectivity index (χ1) is 14.6. The van der Waals surface area contributed by atoms with E-state index in [4.69, 9.17) is 13.9 Å². The van der Waals surface area contributed by atoms with Crippen molar-refractivity contribution in [2.75, 3.05) is 27.8 Å². The Labute approximate surface area is 177 Å². The third kappa shape index (κ3) is 5.53. The van der Waals surface area contributed by atoms with Gasteiger partial charge in [-0.25, -0.2) is 4.98 Å². The summed E-state index contributed by atoms with van der Waals surface area (Å²) in [7, 11) is 5.01. The van der Waals surface area contributed by atoms with Crippen LogP contribution < -0.4 is 20.1 Å². The Bertz CT molecular complexity index is 980. The van der Waals surface area contributed by atoms with E-state index in [0.29, 0.717) is 18.4 Å². The van der Waals surface area contributed by atoms with Crippen molar-refractivity contribution in [3.63, 3.8) is 0 Å². The molecule has 3 aromatic rings. The lowest BCUT2D eigenvalue weighted by Crippen LogP contribution is -2.37. The van der Waals surface area contributed by atoms with Gasteiger partial charge >= 0.3 is 0 Å². The summed E-state index contributed by atoms with van der Waals surface area (Å²) in [6.07, 6.45) is 2.49. The number of hydrogen-bond acceptors (Lipinski definition) is 5. The maximum absolute atomic E-state index is 5.60. The molecule has 0 aliphatic heterocycles. The lowest BCUT2D eigenvalue weighted by Gasteiger charge is -2.12. The molecule has 2 aromatic carbocycles. The first kappa shape index (κ1) is 21.2. The molecule has 0 radical (unpaired) electrons. The second-order valence-corrected chi connectivity index (χ2v) is 6.80. The van der Waals surface area contributed by atoms with Crippen LogP contribution in [-0.2, 0) is 13.0 Å². The molecule has 2 N–H and O–H groups in total. The lowest BCUT2D eigenvalue weighted by atomic mass is 10.1. The third-order valence-electron chi connectivity index (χ3n) is 4.66. The van der Waals surface area contributed by atoms with Gasteiger partial charge in [0.25, 0.3) is 0 Å². The van der Waals surface area contributed by atoms with Crippen molar-refractivity contribution >= 4 is 5.96 Å². The van der Waals surface area contributed by atoms with E-state index in [2.05, 4.69) is 27.5 Å². The number of benzene rings is 2. The predicted octanol–water partition coefficient (Wildman–Crippen LogP) is 3.57. The predicted molar refractivity (Wildman–Crippen MR) is 118 cm³/mol. The van der Waals surface area contributed by atoms with Crippen molar-refractivity contribution in [1.29, 1.82) is 0 Å². The van der Waals surface area contributed by atoms with Gasteiger partial charge < -0.3 is 24.5 Å². The molecule has 0 unspecified atom stereocenters. The standard InChI is InChI=1S/C23H28N4O3/c1-16-5-8-18(9-6-16)22-27-19(15-30-22)14-26-23(24-2)25-12-11-17-7-10-20(28-3)21(13-17)29-4/h5-10,13,15H,11-12,14H2,1-4H3,(H2,24,25,26). The van der Waals surface area contributed by atoms with Crippen molar-refractivity contribution in [3.8, 4) is 23.0 Å². The van der Waals surface area contributed by atoms with E-state index in [1.165, 1.54) is 5.56 Å². The Morgan fingerprint density at radius 1 is 1.03 bits per heavy atom. The summed E-state index contributed by atoms with van der Waals surface area (Å²) >= 11 is 0. The fraction of sp³-hybridized carbons (Fsp3) is 0.304. The van der Waals surface area contributed by atoms with E-state index >= 15 is 0 Å². The first-order valence-electron chi connectivity index (χ1n) is 9.79. The molecule has 1 heterocycles. The highest BCUT2D eigenvalue weighted by molar-refractivity contribution is 5.79. The van der Waals surface area contributed by atoms with Crippen LogP contribution in [-0.4, -0.2) is 38.8 Å². The number of methoxy groups -OCH3 is 2. The number of hydrogen-bond donors (Lipinski definition) is 2. The Kier molecular flexibility index (Phi) is 7.32. The van der Waals surface area contributed by atoms with Crippen LogP contribution in [0.5, 0.6) is 11.5 Å². The summed E-state index contributed by atoms with van der Waals surface area (Å²) in [6, 6.07) is 14.0. The molecule has 0 bridgehead atoms. The van der Waals surface area contributed by atoms with E-state index < -0.39 is 0 Å². The molecular formula is C23H28N4O3. The third-order valence-corrected chi connectivity index (χ3v) is 4.66. The number of aliphatic imine (C=N–C) groups is 1. The highest BCUT2D eigenvalue weighted by Gasteiger charge is 2.08. The van der Waals surface area contributed by atoms with Gasteiger partial charge in [0.15, 0.2) is 17.5 Å². The minimum atomic E-state index is 0.519. The maximum atomic E-state index is 5.60. The van der Waals surface area contributed by atoms with Crippen LogP contribution in [0.4, 0.5) is 0 Å². The average molecular weight is 409 g/mol. The van der Waals surface area contributed by atoms with Crippen LogP contribution in [0.1, 0.15) is 16.8 Å². The van der Waals surface area contributed by atoms with Crippen molar-refractivity contribution < 1.29 is 13.9 Å². The molecule has 7 nitrogen and oxygen atoms in total. The van der Waals surface area contributed by atoms with Gasteiger partial charge in [-0.15, -0.1) is 0 Å². The summed E-state index contributed by atoms with van der Waals surface area (Å²) in [4.78, 5) is 8.80. The summed E-state index contributed by atoms with van der Waals surface area (Å²) < 4.78 is 16.2. The van der Waals surface area contributed by atoms with E-state index in [0.717, 1.165) is 41.3 Å². The zero-order valence-corrected chi connectivity index (χ0v) is 17.9. The Balaban J connectivity index is 1.49. The molecule has 0 atom stereocenters. The maximum Gasteiger partial charge on any atom is 0.226 e. The zero-order chi connectivity index (χ0) is 21.3. The molecule has 0 aliphatic carbocycles. The molecule has 7 heteroatoms. The number of guanidine groups is 1. The van der Waals surface area contributed by atoms with Crippen LogP contribution in [0, 0.1) is 6.92 Å². The molecule has 0 spiro atoms. The second-order valence-electron chi connectivity index (χ2n) is 6.80. The minimum absolute atomic E-state index is 0.519. The fourth-order valence-electron chi connectivity index (χ4n) is 2.97. The van der Waals surface area contributed by atoms with Crippen LogP contribution in [0.2, 0.25) is 0 Å². The van der Waals surface area contributed by atoms with Gasteiger partial charge in [0, 0.05) is 19.2 Å². The minimum Gasteiger partial charge on any atom is -0.493 e. The molecule has 0 saturated carbocycles. The molecule has 158 valence electrons. The highest BCUT2D eigenvalue weighted by Crippen LogP contribution is 2.27. The quantitative estimate of drug-likeness (QED) is 0.438. The summed E-state index contributed by atoms with van der Waals surface area (Å²) in [5.74, 6) is 2.77. The second kappa shape index (κ2) is 10.3. The normalized spacial score (nSPS) is 11.3. The Morgan fingerprint density at radius 2 is 1.80 bits per heavy atom. The van der Waals surface area contributed by atoms with Crippen molar-refractivity contribution in [3.05, 3.63) is 65.5 Å². The molecule has 3 rings (SSSR count). The number of nitrogens with zero attached hydrogens (tertiary/aromatic N) is 2. The Morgan fingerprint density at radius 3 is 2.50 bits per heavy atom. The largest absolute Gasteiger partial charge is 0.493 e. The number of oxazole rings is 1. The van der Waals surface area contributed by atoms with Crippen LogP contribution in [0.15, 0.2) is 58.1 Å². The molecule has 1 aromatic heterocycles. The first-order valence-corrected chi connectivity index (χ1v) is 9.79. The number of ether oxygens (including phenoxy) is 2. The van der Waals surface area contributed by atoms with Gasteiger partial charge in [-0.1, -0.05) is 23.8 Å². The molecule has 0 fully saturated rings. The number of aromatic nitrogens is 1. The Hall–Kier alpha value is -3.48. The fourth-order valence-corrected chi connectivity index (χ4v) is 2.97. The number of aryl methyl sites for hydroxylation is 1. The van der Waals surface area contributed by atoms with Crippen LogP contribution in [0.25, 0.3) is 11.5 Å². The van der Waals surface area contributed by atoms with E-state index in [9.17, 15) is 0 Å². The molecule has 30 heavy (non-hydrogen) atoms. The van der Waals surface area contributed by atoms with Gasteiger partial charge in [-0.3, -0.25) is 4.99 Å². The zero-order valence-electron chi connectivity index (χ0n) is 17.9. The van der Waals surface area contributed by atoms with Crippen molar-refractivity contribution in [1.82, 2.24) is 15.6 Å². The molecule has 0 aliphatic rings. The summed E-state index contributed by atoms with van der Waals surface area (Å²) in [6.45, 7) is 3.30. The van der Waals surface area contributed by atoms with Gasteiger partial charge in [0.05, 0.1) is 26.5 Å². The number of rotatable bonds is 8. The van der Waals surface area contributed by atoms with E-state index in [1.807, 2.05) is 42.5 Å².